The molecule has 0 saturated carbocycles. The lowest BCUT2D eigenvalue weighted by molar-refractivity contribution is -0.136. The van der Waals surface area contributed by atoms with E-state index in [1.165, 1.54) is 12.8 Å². The van der Waals surface area contributed by atoms with E-state index in [-0.39, 0.29) is 43.6 Å². The highest BCUT2D eigenvalue weighted by molar-refractivity contribution is 6.23. The summed E-state index contributed by atoms with van der Waals surface area (Å²) in [7, 11) is 0. The second-order valence-corrected chi connectivity index (χ2v) is 9.09. The molecule has 4 aliphatic rings. The fourth-order valence-electron chi connectivity index (χ4n) is 5.60. The molecule has 1 aromatic rings. The van der Waals surface area contributed by atoms with E-state index in [9.17, 15) is 19.2 Å². The number of carbonyl (C=O) groups excluding carboxylic acids is 4. The molecule has 1 aromatic carbocycles. The Labute approximate surface area is 205 Å². The molecule has 180 valence electrons. The van der Waals surface area contributed by atoms with E-state index in [4.69, 9.17) is 0 Å². The molecule has 1 atom stereocenters. The number of benzene rings is 1. The number of nitrogens with zero attached hydrogens (tertiary/aromatic N) is 2. The summed E-state index contributed by atoms with van der Waals surface area (Å²) >= 11 is 0. The van der Waals surface area contributed by atoms with Crippen molar-refractivity contribution in [1.82, 2.24) is 15.5 Å². The number of hydrogen-bond donors (Lipinski definition) is 2. The Bertz CT molecular complexity index is 942. The fourth-order valence-corrected chi connectivity index (χ4v) is 5.60. The summed E-state index contributed by atoms with van der Waals surface area (Å²) in [6.07, 6.45) is 5.12. The van der Waals surface area contributed by atoms with Crippen molar-refractivity contribution >= 4 is 54.1 Å². The van der Waals surface area contributed by atoms with E-state index >= 15 is 0 Å². The molecule has 0 aromatic heterocycles. The third kappa shape index (κ3) is 4.74. The lowest BCUT2D eigenvalue weighted by Gasteiger charge is -2.38. The van der Waals surface area contributed by atoms with E-state index in [0.717, 1.165) is 61.4 Å². The highest BCUT2D eigenvalue weighted by Crippen LogP contribution is 2.35. The van der Waals surface area contributed by atoms with Gasteiger partial charge in [-0.15, -0.1) is 24.8 Å². The van der Waals surface area contributed by atoms with Gasteiger partial charge in [0.25, 0.3) is 11.8 Å². The maximum atomic E-state index is 13.0. The second kappa shape index (κ2) is 10.4. The molecular weight excluding hydrogens is 467 g/mol. The van der Waals surface area contributed by atoms with Crippen LogP contribution in [0.15, 0.2) is 18.2 Å². The summed E-state index contributed by atoms with van der Waals surface area (Å²) in [6.45, 7) is 4.14. The quantitative estimate of drug-likeness (QED) is 0.622. The monoisotopic (exact) mass is 496 g/mol. The Morgan fingerprint density at radius 3 is 2.09 bits per heavy atom. The molecule has 8 nitrogen and oxygen atoms in total. The second-order valence-electron chi connectivity index (χ2n) is 9.09. The van der Waals surface area contributed by atoms with E-state index < -0.39 is 23.8 Å². The number of anilines is 1. The van der Waals surface area contributed by atoms with Gasteiger partial charge in [-0.1, -0.05) is 0 Å². The van der Waals surface area contributed by atoms with Crippen molar-refractivity contribution in [1.29, 1.82) is 0 Å². The summed E-state index contributed by atoms with van der Waals surface area (Å²) in [5, 5.41) is 5.67. The minimum absolute atomic E-state index is 0. The van der Waals surface area contributed by atoms with Gasteiger partial charge in [0.15, 0.2) is 0 Å². The molecule has 5 rings (SSSR count). The van der Waals surface area contributed by atoms with Gasteiger partial charge in [0.05, 0.1) is 11.1 Å². The first-order valence-electron chi connectivity index (χ1n) is 11.3. The van der Waals surface area contributed by atoms with Crippen molar-refractivity contribution in [3.63, 3.8) is 0 Å². The average molecular weight is 497 g/mol. The molecule has 0 radical (unpaired) electrons. The molecular formula is C23H30Cl2N4O4. The topological polar surface area (TPSA) is 98.8 Å². The molecule has 4 aliphatic heterocycles. The highest BCUT2D eigenvalue weighted by Gasteiger charge is 2.44. The molecule has 2 N–H and O–H groups in total. The van der Waals surface area contributed by atoms with E-state index in [0.29, 0.717) is 11.1 Å². The normalized spacial score (nSPS) is 24.2. The van der Waals surface area contributed by atoms with Crippen LogP contribution in [0.4, 0.5) is 5.69 Å². The maximum Gasteiger partial charge on any atom is 0.262 e. The van der Waals surface area contributed by atoms with Crippen LogP contribution in [-0.2, 0) is 9.59 Å². The van der Waals surface area contributed by atoms with Crippen LogP contribution in [-0.4, -0.2) is 60.7 Å². The van der Waals surface area contributed by atoms with Crippen LogP contribution in [0.1, 0.15) is 59.2 Å². The number of piperidine rings is 3. The van der Waals surface area contributed by atoms with Gasteiger partial charge in [0, 0.05) is 25.2 Å². The first-order chi connectivity index (χ1) is 15.0. The number of amides is 4. The van der Waals surface area contributed by atoms with Gasteiger partial charge in [-0.3, -0.25) is 29.4 Å². The van der Waals surface area contributed by atoms with Gasteiger partial charge in [-0.05, 0) is 75.2 Å². The number of imide groups is 2. The molecule has 33 heavy (non-hydrogen) atoms. The van der Waals surface area contributed by atoms with Gasteiger partial charge in [0.2, 0.25) is 11.8 Å². The number of nitrogens with one attached hydrogen (secondary N) is 2. The van der Waals surface area contributed by atoms with Crippen LogP contribution < -0.4 is 15.5 Å². The molecule has 4 heterocycles. The highest BCUT2D eigenvalue weighted by atomic mass is 35.5. The largest absolute Gasteiger partial charge is 0.371 e. The van der Waals surface area contributed by atoms with Gasteiger partial charge in [-0.25, -0.2) is 0 Å². The minimum atomic E-state index is -0.922. The van der Waals surface area contributed by atoms with Crippen LogP contribution in [0.25, 0.3) is 0 Å². The van der Waals surface area contributed by atoms with Gasteiger partial charge in [-0.2, -0.15) is 0 Å². The van der Waals surface area contributed by atoms with Crippen LogP contribution in [0.3, 0.4) is 0 Å². The Morgan fingerprint density at radius 1 is 0.788 bits per heavy atom. The SMILES string of the molecule is Cl.Cl.O=C1CCC(N2C(=O)c3ccc(N4CCC(C5CCNCC5)CC4)cc3C2=O)C(=O)N1. The van der Waals surface area contributed by atoms with Crippen molar-refractivity contribution in [3.8, 4) is 0 Å². The molecule has 0 spiro atoms. The Morgan fingerprint density at radius 2 is 1.42 bits per heavy atom. The van der Waals surface area contributed by atoms with E-state index in [1.807, 2.05) is 6.07 Å². The third-order valence-corrected chi connectivity index (χ3v) is 7.38. The van der Waals surface area contributed by atoms with E-state index in [1.54, 1.807) is 12.1 Å². The predicted molar refractivity (Wildman–Crippen MR) is 128 cm³/mol. The smallest absolute Gasteiger partial charge is 0.262 e. The zero-order chi connectivity index (χ0) is 21.5. The van der Waals surface area contributed by atoms with Crippen molar-refractivity contribution < 1.29 is 19.2 Å². The number of rotatable bonds is 3. The molecule has 0 bridgehead atoms. The summed E-state index contributed by atoms with van der Waals surface area (Å²) < 4.78 is 0. The molecule has 3 fully saturated rings. The Kier molecular flexibility index (Phi) is 8.03. The van der Waals surface area contributed by atoms with E-state index in [2.05, 4.69) is 15.5 Å². The van der Waals surface area contributed by atoms with Gasteiger partial charge in [0.1, 0.15) is 6.04 Å². The molecule has 0 aliphatic carbocycles. The van der Waals surface area contributed by atoms with Crippen LogP contribution in [0.2, 0.25) is 0 Å². The summed E-state index contributed by atoms with van der Waals surface area (Å²) in [6, 6.07) is 4.49. The summed E-state index contributed by atoms with van der Waals surface area (Å²) in [5.74, 6) is -0.269. The zero-order valence-corrected chi connectivity index (χ0v) is 20.0. The fraction of sp³-hybridized carbons (Fsp3) is 0.565. The number of hydrogen-bond acceptors (Lipinski definition) is 6. The molecule has 3 saturated heterocycles. The predicted octanol–water partition coefficient (Wildman–Crippen LogP) is 2.15. The van der Waals surface area contributed by atoms with Crippen molar-refractivity contribution in [2.45, 2.75) is 44.6 Å². The van der Waals surface area contributed by atoms with Crippen molar-refractivity contribution in [3.05, 3.63) is 29.3 Å². The van der Waals surface area contributed by atoms with Crippen molar-refractivity contribution in [2.75, 3.05) is 31.1 Å². The average Bonchev–Trinajstić information content (AvgIpc) is 3.04. The third-order valence-electron chi connectivity index (χ3n) is 7.38. The van der Waals surface area contributed by atoms with Crippen LogP contribution >= 0.6 is 24.8 Å². The Balaban J connectivity index is 0.00000153. The van der Waals surface area contributed by atoms with Crippen molar-refractivity contribution in [2.24, 2.45) is 11.8 Å². The van der Waals surface area contributed by atoms with Gasteiger partial charge < -0.3 is 10.2 Å². The molecule has 4 amide bonds. The van der Waals surface area contributed by atoms with Crippen LogP contribution in [0, 0.1) is 11.8 Å². The number of halogens is 2. The Hall–Kier alpha value is -2.16. The summed E-state index contributed by atoms with van der Waals surface area (Å²) in [4.78, 5) is 52.9. The molecule has 1 unspecified atom stereocenters. The first-order valence-corrected chi connectivity index (χ1v) is 11.3. The minimum Gasteiger partial charge on any atom is -0.371 e. The zero-order valence-electron chi connectivity index (χ0n) is 18.4. The van der Waals surface area contributed by atoms with Gasteiger partial charge >= 0.3 is 0 Å². The summed E-state index contributed by atoms with van der Waals surface area (Å²) in [5.41, 5.74) is 1.64. The number of fused-ring (bicyclic) bond motifs is 1. The lowest BCUT2D eigenvalue weighted by atomic mass is 9.79. The maximum absolute atomic E-state index is 13.0. The lowest BCUT2D eigenvalue weighted by Crippen LogP contribution is -2.54. The number of carbonyl (C=O) groups is 4. The standard InChI is InChI=1S/C23H28N4O4.2ClH/c28-20-4-3-19(21(29)25-20)27-22(30)17-2-1-16(13-18(17)23(27)31)26-11-7-15(8-12-26)14-5-9-24-10-6-14;;/h1-2,13-15,19,24H,3-12H2,(H,25,28,29);2*1H. The molecule has 10 heteroatoms. The van der Waals surface area contributed by atoms with Crippen LogP contribution in [0.5, 0.6) is 0 Å². The first kappa shape index (κ1) is 25.5.